The zero-order valence-electron chi connectivity index (χ0n) is 18.2. The van der Waals surface area contributed by atoms with Crippen LogP contribution in [0.15, 0.2) is 6.07 Å². The van der Waals surface area contributed by atoms with Crippen LogP contribution in [-0.4, -0.2) is 0 Å². The van der Waals surface area contributed by atoms with E-state index in [1.165, 1.54) is 11.1 Å². The van der Waals surface area contributed by atoms with Gasteiger partial charge in [-0.15, -0.1) is 0 Å². The van der Waals surface area contributed by atoms with E-state index in [1.54, 1.807) is 0 Å². The summed E-state index contributed by atoms with van der Waals surface area (Å²) in [6.07, 6.45) is 8.89. The van der Waals surface area contributed by atoms with Gasteiger partial charge in [0.15, 0.2) is 0 Å². The Morgan fingerprint density at radius 1 is 0.600 bits per heavy atom. The fourth-order valence-corrected chi connectivity index (χ4v) is 4.17. The Bertz CT molecular complexity index is 1100. The van der Waals surface area contributed by atoms with E-state index in [4.69, 9.17) is 0 Å². The number of nitrogens with zero attached hydrogens (tertiary/aromatic N) is 4. The molecule has 0 atom stereocenters. The fraction of sp³-hybridized carbons (Fsp3) is 0.462. The summed E-state index contributed by atoms with van der Waals surface area (Å²) in [7, 11) is 0. The van der Waals surface area contributed by atoms with Crippen LogP contribution in [-0.2, 0) is 19.3 Å². The quantitative estimate of drug-likeness (QED) is 0.493. The maximum atomic E-state index is 9.97. The molecular weight excluding hydrogens is 368 g/mol. The third-order valence-corrected chi connectivity index (χ3v) is 5.72. The topological polar surface area (TPSA) is 95.2 Å². The molecule has 0 aliphatic carbocycles. The van der Waals surface area contributed by atoms with Crippen molar-refractivity contribution >= 4 is 10.8 Å². The lowest BCUT2D eigenvalue weighted by Gasteiger charge is -2.21. The van der Waals surface area contributed by atoms with Gasteiger partial charge in [-0.3, -0.25) is 0 Å². The van der Waals surface area contributed by atoms with Crippen LogP contribution in [0.4, 0.5) is 0 Å². The molecule has 0 aliphatic heterocycles. The highest BCUT2D eigenvalue weighted by Gasteiger charge is 2.24. The first-order chi connectivity index (χ1) is 14.6. The second-order valence-electron chi connectivity index (χ2n) is 7.67. The van der Waals surface area contributed by atoms with Crippen LogP contribution >= 0.6 is 0 Å². The van der Waals surface area contributed by atoms with Crippen molar-refractivity contribution in [1.29, 1.82) is 21.0 Å². The maximum absolute atomic E-state index is 9.97. The highest BCUT2D eigenvalue weighted by Crippen LogP contribution is 2.37. The van der Waals surface area contributed by atoms with Crippen LogP contribution in [0.25, 0.3) is 10.8 Å². The Labute approximate surface area is 180 Å². The molecule has 0 saturated carbocycles. The summed E-state index contributed by atoms with van der Waals surface area (Å²) in [5.41, 5.74) is 4.12. The van der Waals surface area contributed by atoms with Crippen LogP contribution in [0.2, 0.25) is 0 Å². The van der Waals surface area contributed by atoms with Gasteiger partial charge in [0.25, 0.3) is 0 Å². The minimum Gasteiger partial charge on any atom is -0.192 e. The van der Waals surface area contributed by atoms with E-state index in [-0.39, 0.29) is 22.3 Å². The van der Waals surface area contributed by atoms with Crippen molar-refractivity contribution in [3.8, 4) is 24.3 Å². The highest BCUT2D eigenvalue weighted by molar-refractivity contribution is 6.00. The molecule has 4 nitrogen and oxygen atoms in total. The number of benzene rings is 2. The average Bonchev–Trinajstić information content (AvgIpc) is 2.77. The molecule has 0 amide bonds. The summed E-state index contributed by atoms with van der Waals surface area (Å²) in [5, 5.41) is 40.6. The molecule has 0 unspecified atom stereocenters. The number of fused-ring (bicyclic) bond motifs is 1. The molecule has 2 rings (SSSR count). The minimum absolute atomic E-state index is 0.0215. The van der Waals surface area contributed by atoms with Gasteiger partial charge in [-0.25, -0.2) is 0 Å². The number of rotatable bonds is 9. The van der Waals surface area contributed by atoms with E-state index in [0.29, 0.717) is 10.8 Å². The van der Waals surface area contributed by atoms with Gasteiger partial charge < -0.3 is 0 Å². The number of hydrogen-bond donors (Lipinski definition) is 0. The smallest absolute Gasteiger partial charge is 0.102 e. The molecule has 0 radical (unpaired) electrons. The molecule has 2 aromatic carbocycles. The molecule has 30 heavy (non-hydrogen) atoms. The Hall–Kier alpha value is -3.34. The lowest BCUT2D eigenvalue weighted by Crippen LogP contribution is -2.07. The monoisotopic (exact) mass is 396 g/mol. The number of nitriles is 4. The standard InChI is InChI=1S/C26H28N4/c1-4-7-10-18-13-21-22(14-27)23(15-28)24(16-29)25(17-30)26(21)20(12-9-6-3)19(18)11-8-5-2/h13H,4-12H2,1-3H3. The molecule has 0 bridgehead atoms. The van der Waals surface area contributed by atoms with Gasteiger partial charge >= 0.3 is 0 Å². The van der Waals surface area contributed by atoms with E-state index in [1.807, 2.05) is 18.2 Å². The van der Waals surface area contributed by atoms with E-state index in [0.717, 1.165) is 63.4 Å². The third kappa shape index (κ3) is 4.30. The van der Waals surface area contributed by atoms with E-state index >= 15 is 0 Å². The average molecular weight is 397 g/mol. The summed E-state index contributed by atoms with van der Waals surface area (Å²) in [5.74, 6) is 0. The van der Waals surface area contributed by atoms with E-state index < -0.39 is 0 Å². The zero-order chi connectivity index (χ0) is 22.1. The van der Waals surface area contributed by atoms with Crippen LogP contribution in [0.1, 0.15) is 98.2 Å². The van der Waals surface area contributed by atoms with Gasteiger partial charge in [0.05, 0.1) is 22.3 Å². The predicted molar refractivity (Wildman–Crippen MR) is 119 cm³/mol. The van der Waals surface area contributed by atoms with E-state index in [9.17, 15) is 21.0 Å². The molecule has 4 heteroatoms. The van der Waals surface area contributed by atoms with Crippen molar-refractivity contribution in [3.05, 3.63) is 45.0 Å². The van der Waals surface area contributed by atoms with Gasteiger partial charge in [0.2, 0.25) is 0 Å². The summed E-state index contributed by atoms with van der Waals surface area (Å²) >= 11 is 0. The van der Waals surface area contributed by atoms with Crippen molar-refractivity contribution in [3.63, 3.8) is 0 Å². The summed E-state index contributed by atoms with van der Waals surface area (Å²) in [4.78, 5) is 0. The minimum atomic E-state index is 0.0215. The lowest BCUT2D eigenvalue weighted by atomic mass is 9.81. The van der Waals surface area contributed by atoms with Gasteiger partial charge in [0.1, 0.15) is 24.3 Å². The van der Waals surface area contributed by atoms with Crippen molar-refractivity contribution in [1.82, 2.24) is 0 Å². The second kappa shape index (κ2) is 11.0. The molecule has 2 aromatic rings. The Balaban J connectivity index is 3.11. The second-order valence-corrected chi connectivity index (χ2v) is 7.67. The van der Waals surface area contributed by atoms with Crippen LogP contribution in [0.3, 0.4) is 0 Å². The van der Waals surface area contributed by atoms with Gasteiger partial charge in [-0.1, -0.05) is 40.0 Å². The van der Waals surface area contributed by atoms with Crippen LogP contribution in [0.5, 0.6) is 0 Å². The molecule has 0 fully saturated rings. The van der Waals surface area contributed by atoms with Crippen LogP contribution in [0, 0.1) is 45.3 Å². The van der Waals surface area contributed by atoms with E-state index in [2.05, 4.69) is 32.9 Å². The zero-order valence-corrected chi connectivity index (χ0v) is 18.2. The van der Waals surface area contributed by atoms with Crippen LogP contribution < -0.4 is 0 Å². The molecule has 0 N–H and O–H groups in total. The summed E-state index contributed by atoms with van der Waals surface area (Å²) in [6, 6.07) is 10.4. The first-order valence-corrected chi connectivity index (χ1v) is 10.9. The van der Waals surface area contributed by atoms with Crippen molar-refractivity contribution < 1.29 is 0 Å². The number of aryl methyl sites for hydroxylation is 2. The Morgan fingerprint density at radius 2 is 1.07 bits per heavy atom. The maximum Gasteiger partial charge on any atom is 0.102 e. The molecule has 0 spiro atoms. The molecule has 0 aromatic heterocycles. The normalized spacial score (nSPS) is 10.2. The first-order valence-electron chi connectivity index (χ1n) is 10.9. The SMILES string of the molecule is CCCCc1cc2c(C#N)c(C#N)c(C#N)c(C#N)c2c(CCCC)c1CCCC. The van der Waals surface area contributed by atoms with Crippen molar-refractivity contribution in [2.24, 2.45) is 0 Å². The molecular formula is C26H28N4. The first kappa shape index (κ1) is 22.9. The third-order valence-electron chi connectivity index (χ3n) is 5.72. The number of unbranched alkanes of at least 4 members (excludes halogenated alkanes) is 3. The Morgan fingerprint density at radius 3 is 1.57 bits per heavy atom. The highest BCUT2D eigenvalue weighted by atomic mass is 14.4. The Kier molecular flexibility index (Phi) is 8.41. The molecule has 0 aliphatic rings. The van der Waals surface area contributed by atoms with Crippen molar-refractivity contribution in [2.75, 3.05) is 0 Å². The van der Waals surface area contributed by atoms with Crippen molar-refractivity contribution in [2.45, 2.75) is 78.6 Å². The molecule has 0 saturated heterocycles. The molecule has 152 valence electrons. The largest absolute Gasteiger partial charge is 0.192 e. The van der Waals surface area contributed by atoms with Gasteiger partial charge in [-0.2, -0.15) is 21.0 Å². The fourth-order valence-electron chi connectivity index (χ4n) is 4.17. The van der Waals surface area contributed by atoms with Gasteiger partial charge in [-0.05, 0) is 61.3 Å². The summed E-state index contributed by atoms with van der Waals surface area (Å²) in [6.45, 7) is 6.46. The van der Waals surface area contributed by atoms with Gasteiger partial charge in [0, 0.05) is 10.8 Å². The number of hydrogen-bond acceptors (Lipinski definition) is 4. The lowest BCUT2D eigenvalue weighted by molar-refractivity contribution is 0.738. The predicted octanol–water partition coefficient (Wildman–Crippen LogP) is 6.35. The molecule has 0 heterocycles. The summed E-state index contributed by atoms with van der Waals surface area (Å²) < 4.78 is 0.